The van der Waals surface area contributed by atoms with Crippen molar-refractivity contribution in [3.8, 4) is 5.75 Å². The smallest absolute Gasteiger partial charge is 0.231 e. The minimum atomic E-state index is -0.141. The van der Waals surface area contributed by atoms with Crippen molar-refractivity contribution >= 4 is 23.5 Å². The van der Waals surface area contributed by atoms with Crippen molar-refractivity contribution in [2.75, 3.05) is 12.0 Å². The molecule has 2 heterocycles. The van der Waals surface area contributed by atoms with Crippen molar-refractivity contribution in [3.05, 3.63) is 71.0 Å². The molecule has 2 aromatic carbocycles. The van der Waals surface area contributed by atoms with E-state index in [1.54, 1.807) is 12.0 Å². The van der Waals surface area contributed by atoms with E-state index in [-0.39, 0.29) is 18.0 Å². The third-order valence-electron chi connectivity index (χ3n) is 5.31. The Kier molecular flexibility index (Phi) is 5.53. The number of amides is 1. The van der Waals surface area contributed by atoms with Crippen LogP contribution in [-0.2, 0) is 4.79 Å². The molecule has 1 amide bonds. The Morgan fingerprint density at radius 1 is 1.10 bits per heavy atom. The summed E-state index contributed by atoms with van der Waals surface area (Å²) in [5.41, 5.74) is 2.13. The largest absolute Gasteiger partial charge is 0.497 e. The number of carbonyl (C=O) groups excluding carboxylic acids is 1. The zero-order valence-corrected chi connectivity index (χ0v) is 17.2. The number of benzene rings is 2. The molecular weight excluding hydrogens is 388 g/mol. The number of nitrogens with zero attached hydrogens (tertiary/aromatic N) is 4. The van der Waals surface area contributed by atoms with Gasteiger partial charge in [0.2, 0.25) is 11.9 Å². The summed E-state index contributed by atoms with van der Waals surface area (Å²) in [4.78, 5) is 19.3. The molecule has 0 saturated heterocycles. The standard InChI is InChI=1S/C22H23ClN4O2/c1-3-4-21(28)26-19(15-7-11-18(29-2)12-8-15)13-20(27-22(26)24-14-25-27)16-5-9-17(23)10-6-16/h5-12,14,19-20H,3-4,13H2,1-2H3. The van der Waals surface area contributed by atoms with Crippen LogP contribution in [0.25, 0.3) is 0 Å². The zero-order chi connectivity index (χ0) is 20.4. The van der Waals surface area contributed by atoms with Crippen LogP contribution in [0, 0.1) is 0 Å². The Morgan fingerprint density at radius 3 is 2.41 bits per heavy atom. The predicted molar refractivity (Wildman–Crippen MR) is 112 cm³/mol. The summed E-state index contributed by atoms with van der Waals surface area (Å²) in [6.07, 6.45) is 3.45. The maximum Gasteiger partial charge on any atom is 0.231 e. The summed E-state index contributed by atoms with van der Waals surface area (Å²) < 4.78 is 7.14. The van der Waals surface area contributed by atoms with Crippen molar-refractivity contribution < 1.29 is 9.53 Å². The maximum atomic E-state index is 13.1. The molecule has 0 aliphatic carbocycles. The number of aromatic nitrogens is 3. The highest BCUT2D eigenvalue weighted by Crippen LogP contribution is 2.42. The molecule has 0 fully saturated rings. The van der Waals surface area contributed by atoms with E-state index in [9.17, 15) is 4.79 Å². The fourth-order valence-corrected chi connectivity index (χ4v) is 4.01. The van der Waals surface area contributed by atoms with E-state index in [1.807, 2.05) is 60.1 Å². The van der Waals surface area contributed by atoms with E-state index < -0.39 is 0 Å². The quantitative estimate of drug-likeness (QED) is 0.605. The zero-order valence-electron chi connectivity index (χ0n) is 16.5. The number of hydrogen-bond donors (Lipinski definition) is 0. The van der Waals surface area contributed by atoms with E-state index in [2.05, 4.69) is 10.1 Å². The van der Waals surface area contributed by atoms with Gasteiger partial charge in [-0.1, -0.05) is 42.8 Å². The number of anilines is 1. The Labute approximate surface area is 175 Å². The van der Waals surface area contributed by atoms with Crippen LogP contribution >= 0.6 is 11.6 Å². The van der Waals surface area contributed by atoms with Gasteiger partial charge >= 0.3 is 0 Å². The van der Waals surface area contributed by atoms with E-state index in [0.29, 0.717) is 23.8 Å². The third kappa shape index (κ3) is 3.72. The van der Waals surface area contributed by atoms with Crippen molar-refractivity contribution in [2.45, 2.75) is 38.3 Å². The van der Waals surface area contributed by atoms with Gasteiger partial charge in [0.1, 0.15) is 12.1 Å². The first-order chi connectivity index (χ1) is 14.1. The SMILES string of the molecule is CCCC(=O)N1c2ncnn2C(c2ccc(Cl)cc2)CC1c1ccc(OC)cc1. The first-order valence-electron chi connectivity index (χ1n) is 9.73. The summed E-state index contributed by atoms with van der Waals surface area (Å²) in [5, 5.41) is 5.13. The molecule has 1 aliphatic heterocycles. The number of halogens is 1. The van der Waals surface area contributed by atoms with E-state index in [0.717, 1.165) is 23.3 Å². The lowest BCUT2D eigenvalue weighted by Gasteiger charge is -2.39. The van der Waals surface area contributed by atoms with Gasteiger partial charge in [-0.15, -0.1) is 0 Å². The molecule has 29 heavy (non-hydrogen) atoms. The topological polar surface area (TPSA) is 60.2 Å². The van der Waals surface area contributed by atoms with Crippen molar-refractivity contribution in [2.24, 2.45) is 0 Å². The molecule has 2 atom stereocenters. The Bertz CT molecular complexity index is 985. The predicted octanol–water partition coefficient (Wildman–Crippen LogP) is 4.81. The third-order valence-corrected chi connectivity index (χ3v) is 5.56. The molecule has 1 aromatic heterocycles. The van der Waals surface area contributed by atoms with Gasteiger partial charge in [0, 0.05) is 11.4 Å². The summed E-state index contributed by atoms with van der Waals surface area (Å²) in [6, 6.07) is 15.5. The minimum absolute atomic E-state index is 0.0393. The number of ether oxygens (including phenoxy) is 1. The minimum Gasteiger partial charge on any atom is -0.497 e. The maximum absolute atomic E-state index is 13.1. The second kappa shape index (κ2) is 8.25. The first-order valence-corrected chi connectivity index (χ1v) is 10.1. The van der Waals surface area contributed by atoms with Gasteiger partial charge in [0.25, 0.3) is 0 Å². The highest BCUT2D eigenvalue weighted by atomic mass is 35.5. The van der Waals surface area contributed by atoms with Crippen LogP contribution in [0.5, 0.6) is 5.75 Å². The van der Waals surface area contributed by atoms with Gasteiger partial charge in [-0.2, -0.15) is 10.1 Å². The van der Waals surface area contributed by atoms with Crippen LogP contribution in [0.15, 0.2) is 54.9 Å². The number of methoxy groups -OCH3 is 1. The van der Waals surface area contributed by atoms with Gasteiger partial charge in [-0.05, 0) is 48.2 Å². The number of fused-ring (bicyclic) bond motifs is 1. The normalized spacial score (nSPS) is 18.4. The van der Waals surface area contributed by atoms with E-state index >= 15 is 0 Å². The molecule has 6 nitrogen and oxygen atoms in total. The van der Waals surface area contributed by atoms with Crippen LogP contribution < -0.4 is 9.64 Å². The summed E-state index contributed by atoms with van der Waals surface area (Å²) in [6.45, 7) is 2.01. The molecule has 150 valence electrons. The molecule has 0 N–H and O–H groups in total. The lowest BCUT2D eigenvalue weighted by Crippen LogP contribution is -2.42. The molecule has 2 unspecified atom stereocenters. The molecule has 0 saturated carbocycles. The molecule has 0 bridgehead atoms. The monoisotopic (exact) mass is 410 g/mol. The number of rotatable bonds is 5. The van der Waals surface area contributed by atoms with Gasteiger partial charge in [-0.25, -0.2) is 4.68 Å². The average Bonchev–Trinajstić information content (AvgIpc) is 3.23. The summed E-state index contributed by atoms with van der Waals surface area (Å²) in [7, 11) is 1.64. The molecule has 1 aliphatic rings. The number of hydrogen-bond acceptors (Lipinski definition) is 4. The molecular formula is C22H23ClN4O2. The summed E-state index contributed by atoms with van der Waals surface area (Å²) in [5.74, 6) is 1.42. The molecule has 0 spiro atoms. The highest BCUT2D eigenvalue weighted by Gasteiger charge is 2.38. The Morgan fingerprint density at radius 2 is 1.76 bits per heavy atom. The average molecular weight is 411 g/mol. The van der Waals surface area contributed by atoms with Gasteiger partial charge in [0.05, 0.1) is 19.2 Å². The van der Waals surface area contributed by atoms with E-state index in [4.69, 9.17) is 16.3 Å². The fraction of sp³-hybridized carbons (Fsp3) is 0.318. The second-order valence-electron chi connectivity index (χ2n) is 7.11. The van der Waals surface area contributed by atoms with Gasteiger partial charge in [-0.3, -0.25) is 9.69 Å². The van der Waals surface area contributed by atoms with Crippen LogP contribution in [0.4, 0.5) is 5.95 Å². The molecule has 3 aromatic rings. The Balaban J connectivity index is 1.80. The number of carbonyl (C=O) groups is 1. The van der Waals surface area contributed by atoms with Crippen LogP contribution in [0.3, 0.4) is 0 Å². The second-order valence-corrected chi connectivity index (χ2v) is 7.55. The van der Waals surface area contributed by atoms with Crippen LogP contribution in [0.2, 0.25) is 5.02 Å². The lowest BCUT2D eigenvalue weighted by molar-refractivity contribution is -0.119. The van der Waals surface area contributed by atoms with Crippen molar-refractivity contribution in [1.82, 2.24) is 14.8 Å². The van der Waals surface area contributed by atoms with Gasteiger partial charge < -0.3 is 4.74 Å². The molecule has 4 rings (SSSR count). The molecule has 0 radical (unpaired) electrons. The van der Waals surface area contributed by atoms with Gasteiger partial charge in [0.15, 0.2) is 0 Å². The van der Waals surface area contributed by atoms with Crippen molar-refractivity contribution in [1.29, 1.82) is 0 Å². The Hall–Kier alpha value is -2.86. The van der Waals surface area contributed by atoms with Crippen LogP contribution in [-0.4, -0.2) is 27.8 Å². The molecule has 7 heteroatoms. The fourth-order valence-electron chi connectivity index (χ4n) is 3.89. The van der Waals surface area contributed by atoms with E-state index in [1.165, 1.54) is 6.33 Å². The first kappa shape index (κ1) is 19.5. The highest BCUT2D eigenvalue weighted by molar-refractivity contribution is 6.30. The lowest BCUT2D eigenvalue weighted by atomic mass is 9.91. The van der Waals surface area contributed by atoms with Crippen molar-refractivity contribution in [3.63, 3.8) is 0 Å². The summed E-state index contributed by atoms with van der Waals surface area (Å²) >= 11 is 6.08. The van der Waals surface area contributed by atoms with Crippen LogP contribution in [0.1, 0.15) is 49.4 Å².